The number of pyridine rings is 8. The Morgan fingerprint density at radius 2 is 0.688 bits per heavy atom. The molecule has 0 spiro atoms. The zero-order chi connectivity index (χ0) is 94.9. The van der Waals surface area contributed by atoms with E-state index >= 15 is 0 Å². The van der Waals surface area contributed by atoms with Crippen LogP contribution in [0, 0.1) is 3.57 Å². The number of aliphatic carboxylic acids is 3. The molecule has 0 aliphatic heterocycles. The van der Waals surface area contributed by atoms with Crippen LogP contribution >= 0.6 is 22.6 Å². The van der Waals surface area contributed by atoms with Crippen LogP contribution in [0.15, 0.2) is 217 Å². The molecule has 8 aromatic heterocycles. The third-order valence-electron chi connectivity index (χ3n) is 17.8. The minimum absolute atomic E-state index is 0.0998. The molecule has 14 rings (SSSR count). The van der Waals surface area contributed by atoms with Crippen molar-refractivity contribution in [2.24, 2.45) is 5.73 Å². The van der Waals surface area contributed by atoms with Crippen LogP contribution < -0.4 is 47.7 Å². The normalized spacial score (nSPS) is 14.3. The van der Waals surface area contributed by atoms with Crippen molar-refractivity contribution in [3.8, 4) is 45.1 Å². The highest BCUT2D eigenvalue weighted by Crippen LogP contribution is 2.47. The van der Waals surface area contributed by atoms with Crippen LogP contribution in [-0.2, 0) is 64.0 Å². The van der Waals surface area contributed by atoms with Crippen molar-refractivity contribution in [1.82, 2.24) is 55.8 Å². The highest BCUT2D eigenvalue weighted by molar-refractivity contribution is 14.1. The number of carboxylic acids is 3. The van der Waals surface area contributed by atoms with Gasteiger partial charge in [0.05, 0.1) is 44.9 Å². The topological polar surface area (TPSA) is 455 Å². The van der Waals surface area contributed by atoms with Crippen LogP contribution in [0.1, 0.15) is 148 Å². The molecule has 8 heterocycles. The molecule has 4 aliphatic carbocycles. The van der Waals surface area contributed by atoms with Gasteiger partial charge < -0.3 is 80.7 Å². The Morgan fingerprint density at radius 3 is 0.930 bits per heavy atom. The number of carboxylic acid groups (broad SMARTS) is 3. The molecule has 0 atom stereocenters. The predicted molar refractivity (Wildman–Crippen MR) is 458 cm³/mol. The summed E-state index contributed by atoms with van der Waals surface area (Å²) in [5, 5.41) is 48.0. The zero-order valence-electron chi connectivity index (χ0n) is 70.4. The molecule has 0 unspecified atom stereocenters. The molecule has 128 heavy (non-hydrogen) atoms. The highest BCUT2D eigenvalue weighted by Gasteiger charge is 2.51. The number of alkyl halides is 9. The van der Waals surface area contributed by atoms with Gasteiger partial charge in [0.2, 0.25) is 22.9 Å². The maximum Gasteiger partial charge on any atom is 0.490 e. The fourth-order valence-corrected chi connectivity index (χ4v) is 11.0. The molecule has 41 heteroatoms. The molecule has 0 radical (unpaired) electrons. The van der Waals surface area contributed by atoms with E-state index in [1.165, 1.54) is 18.3 Å². The first-order valence-corrected chi connectivity index (χ1v) is 40.0. The quantitative estimate of drug-likeness (QED) is 0.0174. The standard InChI is InChI=1S/C25H27N3O3.C18H21N3O3.C13H17IN2O2.C13H13N3O.C12H12BNO3.3C2HF3O2/c1-24(2,3)31-23(29)28-25(13-14-25)21-11-9-19(15-26-21)20-10-12-22(27-16-20)30-17-18-7-5-4-6-8-18;1-17(2,3)24-16(23)21-18(8-9-18)14-6-4-12(10-19-14)13-5-7-15(22)20-11-13;1-12(2,3)18-11(17)16-13(6-7-13)10-5-4-9(14)8-15-10;14-13(5-6-13)11-3-1-9(7-15-11)10-2-4-12(17)16-8-10;15-13(16)11-6-7-12(14-8-11)17-9-10-4-2-1-3-5-10;3*3-2(4,5)1(6)7/h4-12,15-16H,13-14,17H2,1-3H3,(H,28,29);4-7,10-11H,8-9H2,1-3H3,(H,20,22)(H,21,23);4-5,8H,6-7H2,1-3H3,(H,16,17);1-4,7-8H,5-6,14H2,(H,16,17);1-8,15-16H,9H2;3*(H,6,7). The van der Waals surface area contributed by atoms with E-state index in [9.17, 15) is 63.5 Å². The number of aromatic amines is 2. The first kappa shape index (κ1) is 102. The van der Waals surface area contributed by atoms with Gasteiger partial charge in [-0.1, -0.05) is 84.9 Å². The largest absolute Gasteiger partial charge is 0.490 e. The van der Waals surface area contributed by atoms with Crippen LogP contribution in [0.2, 0.25) is 0 Å². The Kier molecular flexibility index (Phi) is 35.1. The van der Waals surface area contributed by atoms with E-state index in [4.69, 9.17) is 69.2 Å². The average Bonchev–Trinajstić information content (AvgIpc) is 1.62. The minimum Gasteiger partial charge on any atom is -0.475 e. The van der Waals surface area contributed by atoms with Crippen molar-refractivity contribution in [2.75, 3.05) is 0 Å². The molecule has 0 saturated heterocycles. The lowest BCUT2D eigenvalue weighted by molar-refractivity contribution is -0.193. The number of amides is 3. The summed E-state index contributed by atoms with van der Waals surface area (Å²) < 4.78 is 123. The van der Waals surface area contributed by atoms with E-state index < -0.39 is 83.6 Å². The minimum atomic E-state index is -5.08. The fraction of sp³-hybridized carbons (Fsp3) is 0.333. The van der Waals surface area contributed by atoms with Crippen molar-refractivity contribution in [2.45, 2.75) is 184 Å². The number of H-pyrrole nitrogens is 2. The number of benzene rings is 2. The van der Waals surface area contributed by atoms with E-state index in [-0.39, 0.29) is 28.3 Å². The van der Waals surface area contributed by atoms with Gasteiger partial charge in [-0.2, -0.15) is 39.5 Å². The summed E-state index contributed by atoms with van der Waals surface area (Å²) in [5.74, 6) is -7.23. The number of hydrogen-bond donors (Lipinski definition) is 11. The van der Waals surface area contributed by atoms with Gasteiger partial charge >= 0.3 is 61.8 Å². The molecule has 4 saturated carbocycles. The van der Waals surface area contributed by atoms with Crippen LogP contribution in [-0.4, -0.2) is 144 Å². The molecule has 3 amide bonds. The van der Waals surface area contributed by atoms with Crippen LogP contribution in [0.4, 0.5) is 53.9 Å². The summed E-state index contributed by atoms with van der Waals surface area (Å²) in [5.41, 5.74) is 14.6. The highest BCUT2D eigenvalue weighted by atomic mass is 127. The SMILES string of the molecule is CC(C)(C)OC(=O)NC1(c2ccc(-c3ccc(=O)[nH]c3)cn2)CC1.CC(C)(C)OC(=O)NC1(c2ccc(-c3ccc(OCc4ccccc4)nc3)cn2)CC1.CC(C)(C)OC(=O)NC1(c2ccc(I)cn2)CC1.NC1(c2ccc(-c3ccc(=O)[nH]c3)cn2)CC1.O=C(O)C(F)(F)F.O=C(O)C(F)(F)F.O=C(O)C(F)(F)F.OB(O)c1ccc(OCc2ccccc2)nc1. The van der Waals surface area contributed by atoms with Gasteiger partial charge in [0, 0.05) is 99.1 Å². The third-order valence-corrected chi connectivity index (χ3v) is 18.4. The van der Waals surface area contributed by atoms with E-state index in [0.29, 0.717) is 30.4 Å². The molecular weight excluding hydrogens is 1810 g/mol. The number of rotatable bonds is 17. The molecule has 4 fully saturated rings. The molecule has 10 aromatic rings. The Hall–Kier alpha value is -12.9. The second-order valence-electron chi connectivity index (χ2n) is 32.0. The van der Waals surface area contributed by atoms with E-state index in [1.807, 2.05) is 196 Å². The summed E-state index contributed by atoms with van der Waals surface area (Å²) in [7, 11) is -1.49. The van der Waals surface area contributed by atoms with Gasteiger partial charge in [0.15, 0.2) is 0 Å². The summed E-state index contributed by atoms with van der Waals surface area (Å²) in [6, 6.07) is 49.0. The molecule has 4 aliphatic rings. The molecule has 12 N–H and O–H groups in total. The average molecular weight is 1900 g/mol. The number of carbonyl (C=O) groups excluding carboxylic acids is 3. The molecular formula is C87H93BF9IN12O18. The number of hydrogen-bond acceptors (Lipinski definition) is 22. The van der Waals surface area contributed by atoms with E-state index in [1.54, 1.807) is 55.2 Å². The molecule has 2 aromatic carbocycles. The summed E-state index contributed by atoms with van der Waals surface area (Å²) in [6.07, 6.45) is 4.48. The number of aromatic nitrogens is 8. The maximum absolute atomic E-state index is 12.2. The maximum atomic E-state index is 12.2. The number of nitrogens with zero attached hydrogens (tertiary/aromatic N) is 6. The molecule has 682 valence electrons. The second-order valence-corrected chi connectivity index (χ2v) is 33.2. The van der Waals surface area contributed by atoms with E-state index in [2.05, 4.69) is 78.4 Å². The first-order chi connectivity index (χ1) is 59.7. The third kappa shape index (κ3) is 35.1. The molecule has 0 bridgehead atoms. The Labute approximate surface area is 741 Å². The second kappa shape index (κ2) is 44.0. The van der Waals surface area contributed by atoms with Crippen molar-refractivity contribution >= 4 is 71.4 Å². The van der Waals surface area contributed by atoms with Gasteiger partial charge in [-0.25, -0.2) is 38.7 Å². The number of alkyl carbamates (subject to hydrolysis) is 3. The zero-order valence-corrected chi connectivity index (χ0v) is 72.5. The Balaban J connectivity index is 0.000000210. The number of nitrogens with two attached hydrogens (primary N) is 1. The van der Waals surface area contributed by atoms with Gasteiger partial charge in [0.1, 0.15) is 30.0 Å². The van der Waals surface area contributed by atoms with Crippen LogP contribution in [0.3, 0.4) is 0 Å². The van der Waals surface area contributed by atoms with Gasteiger partial charge in [-0.3, -0.25) is 29.5 Å². The van der Waals surface area contributed by atoms with Crippen molar-refractivity contribution in [3.05, 3.63) is 265 Å². The van der Waals surface area contributed by atoms with E-state index in [0.717, 1.165) is 122 Å². The monoisotopic (exact) mass is 1900 g/mol. The number of carbonyl (C=O) groups is 6. The van der Waals surface area contributed by atoms with Crippen molar-refractivity contribution < 1.29 is 117 Å². The lowest BCUT2D eigenvalue weighted by atomic mass is 9.82. The number of nitrogens with one attached hydrogen (secondary N) is 5. The van der Waals surface area contributed by atoms with Gasteiger partial charge in [-0.05, 0) is 213 Å². The van der Waals surface area contributed by atoms with Crippen LogP contribution in [0.25, 0.3) is 33.4 Å². The van der Waals surface area contributed by atoms with Crippen LogP contribution in [0.5, 0.6) is 11.8 Å². The van der Waals surface area contributed by atoms with Gasteiger partial charge in [-0.15, -0.1) is 0 Å². The van der Waals surface area contributed by atoms with Gasteiger partial charge in [0.25, 0.3) is 0 Å². The predicted octanol–water partition coefficient (Wildman–Crippen LogP) is 15.0. The summed E-state index contributed by atoms with van der Waals surface area (Å²) in [4.78, 5) is 116. The lowest BCUT2D eigenvalue weighted by Gasteiger charge is -2.23. The van der Waals surface area contributed by atoms with Crippen molar-refractivity contribution in [3.63, 3.8) is 0 Å². The van der Waals surface area contributed by atoms with Crippen molar-refractivity contribution in [1.29, 1.82) is 0 Å². The lowest BCUT2D eigenvalue weighted by Crippen LogP contribution is -2.39. The Morgan fingerprint density at radius 1 is 0.398 bits per heavy atom. The molecule has 30 nitrogen and oxygen atoms in total. The summed E-state index contributed by atoms with van der Waals surface area (Å²) in [6.45, 7) is 17.6. The summed E-state index contributed by atoms with van der Waals surface area (Å²) >= 11 is 2.21. The Bertz CT molecular complexity index is 5330. The smallest absolute Gasteiger partial charge is 0.475 e. The fourth-order valence-electron chi connectivity index (χ4n) is 10.7. The number of halogens is 10. The number of ether oxygens (including phenoxy) is 5. The first-order valence-electron chi connectivity index (χ1n) is 38.9.